The van der Waals surface area contributed by atoms with E-state index in [1.54, 1.807) is 0 Å². The van der Waals surface area contributed by atoms with Crippen molar-refractivity contribution >= 4 is 5.97 Å². The van der Waals surface area contributed by atoms with Crippen molar-refractivity contribution in [3.05, 3.63) is 12.2 Å². The number of carbonyl (C=O) groups is 1. The molecular formula is C10H16O2. The van der Waals surface area contributed by atoms with Gasteiger partial charge >= 0.3 is 5.97 Å². The molecule has 0 aromatic rings. The van der Waals surface area contributed by atoms with E-state index in [0.29, 0.717) is 6.42 Å². The third kappa shape index (κ3) is 3.07. The van der Waals surface area contributed by atoms with E-state index in [2.05, 4.69) is 6.08 Å². The average Bonchev–Trinajstić information content (AvgIpc) is 2.05. The first kappa shape index (κ1) is 9.30. The summed E-state index contributed by atoms with van der Waals surface area (Å²) in [5.74, 6) is -0.0215. The van der Waals surface area contributed by atoms with E-state index in [9.17, 15) is 4.79 Å². The van der Waals surface area contributed by atoms with Crippen molar-refractivity contribution in [2.45, 2.75) is 45.1 Å². The summed E-state index contributed by atoms with van der Waals surface area (Å²) >= 11 is 0. The maximum absolute atomic E-state index is 10.9. The lowest BCUT2D eigenvalue weighted by atomic mass is 10.0. The van der Waals surface area contributed by atoms with E-state index in [0.717, 1.165) is 25.7 Å². The van der Waals surface area contributed by atoms with Crippen LogP contribution in [0.2, 0.25) is 0 Å². The number of hydrogen-bond donors (Lipinski definition) is 0. The molecule has 68 valence electrons. The van der Waals surface area contributed by atoms with Crippen molar-refractivity contribution in [3.8, 4) is 0 Å². The zero-order chi connectivity index (χ0) is 8.81. The molecule has 12 heavy (non-hydrogen) atoms. The van der Waals surface area contributed by atoms with Gasteiger partial charge in [0, 0.05) is 6.42 Å². The van der Waals surface area contributed by atoms with Crippen LogP contribution in [0.5, 0.6) is 0 Å². The molecule has 0 radical (unpaired) electrons. The SMILES string of the molecule is C/C=C/CC[C@H]1CCCC(=O)O1. The largest absolute Gasteiger partial charge is 0.462 e. The van der Waals surface area contributed by atoms with Crippen molar-refractivity contribution in [2.24, 2.45) is 0 Å². The van der Waals surface area contributed by atoms with Crippen molar-refractivity contribution < 1.29 is 9.53 Å². The number of hydrogen-bond acceptors (Lipinski definition) is 2. The molecule has 0 aromatic carbocycles. The van der Waals surface area contributed by atoms with Crippen LogP contribution in [0.15, 0.2) is 12.2 Å². The average molecular weight is 168 g/mol. The summed E-state index contributed by atoms with van der Waals surface area (Å²) in [4.78, 5) is 10.9. The predicted molar refractivity (Wildman–Crippen MR) is 47.8 cm³/mol. The van der Waals surface area contributed by atoms with Gasteiger partial charge in [0.25, 0.3) is 0 Å². The molecular weight excluding hydrogens is 152 g/mol. The van der Waals surface area contributed by atoms with Crippen LogP contribution in [0.1, 0.15) is 39.0 Å². The Kier molecular flexibility index (Phi) is 3.85. The van der Waals surface area contributed by atoms with Gasteiger partial charge in [0.05, 0.1) is 0 Å². The number of ether oxygens (including phenoxy) is 1. The molecule has 1 saturated heterocycles. The highest BCUT2D eigenvalue weighted by molar-refractivity contribution is 5.70. The first-order valence-corrected chi connectivity index (χ1v) is 4.63. The summed E-state index contributed by atoms with van der Waals surface area (Å²) in [6.45, 7) is 2.01. The van der Waals surface area contributed by atoms with Gasteiger partial charge in [0.2, 0.25) is 0 Å². The second kappa shape index (κ2) is 4.96. The highest BCUT2D eigenvalue weighted by atomic mass is 16.5. The van der Waals surface area contributed by atoms with Gasteiger partial charge in [0.15, 0.2) is 0 Å². The van der Waals surface area contributed by atoms with E-state index in [-0.39, 0.29) is 12.1 Å². The Balaban J connectivity index is 2.18. The normalized spacial score (nSPS) is 24.4. The van der Waals surface area contributed by atoms with Gasteiger partial charge < -0.3 is 4.74 Å². The summed E-state index contributed by atoms with van der Waals surface area (Å²) in [5.41, 5.74) is 0. The Hall–Kier alpha value is -0.790. The minimum atomic E-state index is -0.0215. The molecule has 1 rings (SSSR count). The van der Waals surface area contributed by atoms with Crippen LogP contribution in [0.3, 0.4) is 0 Å². The monoisotopic (exact) mass is 168 g/mol. The Morgan fingerprint density at radius 1 is 1.67 bits per heavy atom. The molecule has 1 fully saturated rings. The molecule has 0 N–H and O–H groups in total. The Morgan fingerprint density at radius 3 is 3.17 bits per heavy atom. The van der Waals surface area contributed by atoms with Gasteiger partial charge in [-0.1, -0.05) is 12.2 Å². The van der Waals surface area contributed by atoms with E-state index < -0.39 is 0 Å². The maximum atomic E-state index is 10.9. The second-order valence-electron chi connectivity index (χ2n) is 3.15. The van der Waals surface area contributed by atoms with Crippen LogP contribution in [0.25, 0.3) is 0 Å². The van der Waals surface area contributed by atoms with Crippen LogP contribution in [0, 0.1) is 0 Å². The van der Waals surface area contributed by atoms with Gasteiger partial charge in [-0.15, -0.1) is 0 Å². The first-order chi connectivity index (χ1) is 5.83. The van der Waals surface area contributed by atoms with Gasteiger partial charge in [-0.2, -0.15) is 0 Å². The van der Waals surface area contributed by atoms with Crippen LogP contribution < -0.4 is 0 Å². The molecule has 2 nitrogen and oxygen atoms in total. The smallest absolute Gasteiger partial charge is 0.306 e. The number of carbonyl (C=O) groups excluding carboxylic acids is 1. The summed E-state index contributed by atoms with van der Waals surface area (Å²) in [6, 6.07) is 0. The molecule has 1 aliphatic heterocycles. The standard InChI is InChI=1S/C10H16O2/c1-2-3-4-6-9-7-5-8-10(11)12-9/h2-3,9H,4-8H2,1H3/b3-2+/t9-/m0/s1. The van der Waals surface area contributed by atoms with Crippen molar-refractivity contribution in [2.75, 3.05) is 0 Å². The second-order valence-corrected chi connectivity index (χ2v) is 3.15. The van der Waals surface area contributed by atoms with E-state index in [1.165, 1.54) is 0 Å². The fourth-order valence-corrected chi connectivity index (χ4v) is 1.43. The van der Waals surface area contributed by atoms with E-state index >= 15 is 0 Å². The zero-order valence-corrected chi connectivity index (χ0v) is 7.58. The summed E-state index contributed by atoms with van der Waals surface area (Å²) in [7, 11) is 0. The maximum Gasteiger partial charge on any atom is 0.306 e. The molecule has 0 aromatic heterocycles. The topological polar surface area (TPSA) is 26.3 Å². The van der Waals surface area contributed by atoms with Gasteiger partial charge in [-0.25, -0.2) is 0 Å². The number of rotatable bonds is 3. The fourth-order valence-electron chi connectivity index (χ4n) is 1.43. The van der Waals surface area contributed by atoms with E-state index in [1.807, 2.05) is 13.0 Å². The van der Waals surface area contributed by atoms with Crippen molar-refractivity contribution in [1.29, 1.82) is 0 Å². The van der Waals surface area contributed by atoms with Crippen LogP contribution in [-0.4, -0.2) is 12.1 Å². The third-order valence-corrected chi connectivity index (χ3v) is 2.10. The molecule has 0 amide bonds. The van der Waals surface area contributed by atoms with Gasteiger partial charge in [-0.05, 0) is 32.6 Å². The Morgan fingerprint density at radius 2 is 2.50 bits per heavy atom. The zero-order valence-electron chi connectivity index (χ0n) is 7.58. The Labute approximate surface area is 73.6 Å². The minimum Gasteiger partial charge on any atom is -0.462 e. The molecule has 0 bridgehead atoms. The minimum absolute atomic E-state index is 0.0215. The molecule has 0 unspecified atom stereocenters. The summed E-state index contributed by atoms with van der Waals surface area (Å²) < 4.78 is 5.16. The molecule has 1 atom stereocenters. The van der Waals surface area contributed by atoms with Crippen LogP contribution >= 0.6 is 0 Å². The molecule has 0 spiro atoms. The molecule has 0 aliphatic carbocycles. The van der Waals surface area contributed by atoms with Gasteiger partial charge in [0.1, 0.15) is 6.10 Å². The van der Waals surface area contributed by atoms with Crippen LogP contribution in [0.4, 0.5) is 0 Å². The van der Waals surface area contributed by atoms with Gasteiger partial charge in [-0.3, -0.25) is 4.79 Å². The predicted octanol–water partition coefficient (Wildman–Crippen LogP) is 2.44. The van der Waals surface area contributed by atoms with E-state index in [4.69, 9.17) is 4.74 Å². The first-order valence-electron chi connectivity index (χ1n) is 4.63. The third-order valence-electron chi connectivity index (χ3n) is 2.10. The molecule has 1 heterocycles. The molecule has 1 aliphatic rings. The lowest BCUT2D eigenvalue weighted by Crippen LogP contribution is -2.23. The highest BCUT2D eigenvalue weighted by Crippen LogP contribution is 2.17. The van der Waals surface area contributed by atoms with Crippen LogP contribution in [-0.2, 0) is 9.53 Å². The van der Waals surface area contributed by atoms with Crippen molar-refractivity contribution in [3.63, 3.8) is 0 Å². The highest BCUT2D eigenvalue weighted by Gasteiger charge is 2.18. The molecule has 0 saturated carbocycles. The fraction of sp³-hybridized carbons (Fsp3) is 0.700. The Bertz CT molecular complexity index is 173. The lowest BCUT2D eigenvalue weighted by Gasteiger charge is -2.21. The number of esters is 1. The number of allylic oxidation sites excluding steroid dienone is 2. The lowest BCUT2D eigenvalue weighted by molar-refractivity contribution is -0.153. The summed E-state index contributed by atoms with van der Waals surface area (Å²) in [6.07, 6.45) is 8.99. The number of cyclic esters (lactones) is 1. The van der Waals surface area contributed by atoms with Crippen molar-refractivity contribution in [1.82, 2.24) is 0 Å². The molecule has 2 heteroatoms. The quantitative estimate of drug-likeness (QED) is 0.478. The summed E-state index contributed by atoms with van der Waals surface area (Å²) in [5, 5.41) is 0.